The SMILES string of the molecule is COc1c(Cl)n(C)c(=O)c2ccccc12. The zero-order chi connectivity index (χ0) is 11.0. The Labute approximate surface area is 91.9 Å². The van der Waals surface area contributed by atoms with Crippen molar-refractivity contribution in [2.75, 3.05) is 7.11 Å². The van der Waals surface area contributed by atoms with Gasteiger partial charge in [0.15, 0.2) is 10.9 Å². The van der Waals surface area contributed by atoms with E-state index in [4.69, 9.17) is 16.3 Å². The summed E-state index contributed by atoms with van der Waals surface area (Å²) in [4.78, 5) is 11.8. The third kappa shape index (κ3) is 1.39. The lowest BCUT2D eigenvalue weighted by atomic mass is 10.1. The minimum absolute atomic E-state index is 0.114. The molecular formula is C11H10ClNO2. The van der Waals surface area contributed by atoms with Crippen LogP contribution < -0.4 is 10.3 Å². The van der Waals surface area contributed by atoms with Gasteiger partial charge in [-0.3, -0.25) is 9.36 Å². The summed E-state index contributed by atoms with van der Waals surface area (Å²) in [5.74, 6) is 0.536. The highest BCUT2D eigenvalue weighted by Gasteiger charge is 2.12. The molecule has 0 aliphatic heterocycles. The number of hydrogen-bond donors (Lipinski definition) is 0. The Morgan fingerprint density at radius 3 is 2.47 bits per heavy atom. The van der Waals surface area contributed by atoms with Crippen molar-refractivity contribution >= 4 is 22.4 Å². The number of ether oxygens (including phenoxy) is 1. The van der Waals surface area contributed by atoms with E-state index in [1.807, 2.05) is 18.2 Å². The molecule has 0 aliphatic rings. The van der Waals surface area contributed by atoms with Crippen LogP contribution in [0.1, 0.15) is 0 Å². The Bertz CT molecular complexity index is 575. The van der Waals surface area contributed by atoms with Gasteiger partial charge in [0.25, 0.3) is 5.56 Å². The maximum Gasteiger partial charge on any atom is 0.259 e. The molecule has 0 saturated heterocycles. The number of hydrogen-bond acceptors (Lipinski definition) is 2. The van der Waals surface area contributed by atoms with Crippen molar-refractivity contribution in [3.63, 3.8) is 0 Å². The third-order valence-corrected chi connectivity index (χ3v) is 2.82. The Morgan fingerprint density at radius 1 is 1.27 bits per heavy atom. The fourth-order valence-corrected chi connectivity index (χ4v) is 1.85. The van der Waals surface area contributed by atoms with Gasteiger partial charge in [0, 0.05) is 12.4 Å². The molecule has 0 radical (unpaired) electrons. The van der Waals surface area contributed by atoms with Gasteiger partial charge in [-0.05, 0) is 6.07 Å². The van der Waals surface area contributed by atoms with E-state index in [2.05, 4.69) is 0 Å². The van der Waals surface area contributed by atoms with E-state index in [0.29, 0.717) is 16.3 Å². The summed E-state index contributed by atoms with van der Waals surface area (Å²) in [7, 11) is 3.16. The van der Waals surface area contributed by atoms with Crippen LogP contribution in [0.5, 0.6) is 5.75 Å². The maximum atomic E-state index is 11.8. The second kappa shape index (κ2) is 3.59. The van der Waals surface area contributed by atoms with Gasteiger partial charge in [-0.15, -0.1) is 0 Å². The zero-order valence-corrected chi connectivity index (χ0v) is 9.21. The van der Waals surface area contributed by atoms with Crippen LogP contribution in [0.15, 0.2) is 29.1 Å². The Kier molecular flexibility index (Phi) is 2.40. The first kappa shape index (κ1) is 10.1. The predicted octanol–water partition coefficient (Wildman–Crippen LogP) is 2.20. The van der Waals surface area contributed by atoms with Crippen molar-refractivity contribution in [2.24, 2.45) is 7.05 Å². The van der Waals surface area contributed by atoms with E-state index in [1.165, 1.54) is 11.7 Å². The maximum absolute atomic E-state index is 11.8. The van der Waals surface area contributed by atoms with E-state index in [9.17, 15) is 4.79 Å². The number of nitrogens with zero attached hydrogens (tertiary/aromatic N) is 1. The van der Waals surface area contributed by atoms with Gasteiger partial charge in [0.05, 0.1) is 12.5 Å². The van der Waals surface area contributed by atoms with Gasteiger partial charge >= 0.3 is 0 Å². The summed E-state index contributed by atoms with van der Waals surface area (Å²) in [6.07, 6.45) is 0. The standard InChI is InChI=1S/C11H10ClNO2/c1-13-10(12)9(15-2)7-5-3-4-6-8(7)11(13)14/h3-6H,1-2H3. The van der Waals surface area contributed by atoms with Gasteiger partial charge < -0.3 is 4.74 Å². The van der Waals surface area contributed by atoms with Crippen LogP contribution in [0, 0.1) is 0 Å². The summed E-state index contributed by atoms with van der Waals surface area (Å²) in [5, 5.41) is 1.68. The van der Waals surface area contributed by atoms with Gasteiger partial charge in [-0.2, -0.15) is 0 Å². The number of halogens is 1. The summed E-state index contributed by atoms with van der Waals surface area (Å²) in [5.41, 5.74) is -0.114. The van der Waals surface area contributed by atoms with Crippen LogP contribution in [0.25, 0.3) is 10.8 Å². The Balaban J connectivity index is 3.05. The molecule has 4 heteroatoms. The largest absolute Gasteiger partial charge is 0.493 e. The molecule has 0 amide bonds. The molecule has 1 aromatic heterocycles. The van der Waals surface area contributed by atoms with Gasteiger partial charge in [-0.1, -0.05) is 29.8 Å². The van der Waals surface area contributed by atoms with E-state index in [0.717, 1.165) is 5.39 Å². The van der Waals surface area contributed by atoms with Gasteiger partial charge in [0.1, 0.15) is 0 Å². The fourth-order valence-electron chi connectivity index (χ4n) is 1.60. The summed E-state index contributed by atoms with van der Waals surface area (Å²) >= 11 is 6.02. The minimum Gasteiger partial charge on any atom is -0.493 e. The van der Waals surface area contributed by atoms with Crippen molar-refractivity contribution < 1.29 is 4.74 Å². The molecule has 2 rings (SSSR count). The lowest BCUT2D eigenvalue weighted by molar-refractivity contribution is 0.415. The number of rotatable bonds is 1. The average molecular weight is 224 g/mol. The molecule has 1 heterocycles. The molecular weight excluding hydrogens is 214 g/mol. The number of aromatic nitrogens is 1. The minimum atomic E-state index is -0.114. The first-order chi connectivity index (χ1) is 7.16. The van der Waals surface area contributed by atoms with Crippen LogP contribution in [-0.4, -0.2) is 11.7 Å². The van der Waals surface area contributed by atoms with E-state index < -0.39 is 0 Å². The molecule has 0 unspecified atom stereocenters. The zero-order valence-electron chi connectivity index (χ0n) is 8.45. The lowest BCUT2D eigenvalue weighted by Crippen LogP contribution is -2.18. The van der Waals surface area contributed by atoms with Crippen molar-refractivity contribution in [2.45, 2.75) is 0 Å². The van der Waals surface area contributed by atoms with E-state index >= 15 is 0 Å². The highest BCUT2D eigenvalue weighted by atomic mass is 35.5. The van der Waals surface area contributed by atoms with Crippen molar-refractivity contribution in [1.29, 1.82) is 0 Å². The normalized spacial score (nSPS) is 10.6. The molecule has 0 atom stereocenters. The fraction of sp³-hybridized carbons (Fsp3) is 0.182. The summed E-state index contributed by atoms with van der Waals surface area (Å²) in [6.45, 7) is 0. The van der Waals surface area contributed by atoms with Crippen LogP contribution in [0.3, 0.4) is 0 Å². The Morgan fingerprint density at radius 2 is 1.87 bits per heavy atom. The number of pyridine rings is 1. The molecule has 78 valence electrons. The summed E-state index contributed by atoms with van der Waals surface area (Å²) in [6, 6.07) is 7.25. The van der Waals surface area contributed by atoms with Crippen LogP contribution in [0.2, 0.25) is 5.15 Å². The van der Waals surface area contributed by atoms with E-state index in [-0.39, 0.29) is 5.56 Å². The molecule has 0 N–H and O–H groups in total. The number of methoxy groups -OCH3 is 1. The van der Waals surface area contributed by atoms with Crippen LogP contribution >= 0.6 is 11.6 Å². The topological polar surface area (TPSA) is 31.2 Å². The molecule has 0 fully saturated rings. The van der Waals surface area contributed by atoms with Crippen molar-refractivity contribution in [3.05, 3.63) is 39.8 Å². The predicted molar refractivity (Wildman–Crippen MR) is 60.8 cm³/mol. The molecule has 3 nitrogen and oxygen atoms in total. The first-order valence-corrected chi connectivity index (χ1v) is 4.86. The third-order valence-electron chi connectivity index (χ3n) is 2.39. The second-order valence-electron chi connectivity index (χ2n) is 3.23. The van der Waals surface area contributed by atoms with E-state index in [1.54, 1.807) is 13.1 Å². The second-order valence-corrected chi connectivity index (χ2v) is 3.59. The monoisotopic (exact) mass is 223 g/mol. The van der Waals surface area contributed by atoms with Gasteiger partial charge in [0.2, 0.25) is 0 Å². The highest BCUT2D eigenvalue weighted by molar-refractivity contribution is 6.32. The molecule has 15 heavy (non-hydrogen) atoms. The van der Waals surface area contributed by atoms with Crippen molar-refractivity contribution in [1.82, 2.24) is 4.57 Å². The summed E-state index contributed by atoms with van der Waals surface area (Å²) < 4.78 is 6.58. The molecule has 0 aliphatic carbocycles. The highest BCUT2D eigenvalue weighted by Crippen LogP contribution is 2.30. The lowest BCUT2D eigenvalue weighted by Gasteiger charge is -2.10. The number of fused-ring (bicyclic) bond motifs is 1. The van der Waals surface area contributed by atoms with Crippen molar-refractivity contribution in [3.8, 4) is 5.75 Å². The van der Waals surface area contributed by atoms with Crippen LogP contribution in [0.4, 0.5) is 0 Å². The average Bonchev–Trinajstić information content (AvgIpc) is 2.27. The van der Waals surface area contributed by atoms with Gasteiger partial charge in [-0.25, -0.2) is 0 Å². The quantitative estimate of drug-likeness (QED) is 0.694. The Hall–Kier alpha value is -1.48. The molecule has 0 saturated carbocycles. The molecule has 0 spiro atoms. The smallest absolute Gasteiger partial charge is 0.259 e. The molecule has 1 aromatic carbocycles. The molecule has 2 aromatic rings. The number of benzene rings is 1. The molecule has 0 bridgehead atoms. The first-order valence-electron chi connectivity index (χ1n) is 4.48. The van der Waals surface area contributed by atoms with Crippen LogP contribution in [-0.2, 0) is 7.05 Å².